The summed E-state index contributed by atoms with van der Waals surface area (Å²) in [6, 6.07) is 6.59. The number of rotatable bonds is 1. The minimum atomic E-state index is -0.674. The second kappa shape index (κ2) is 5.36. The van der Waals surface area contributed by atoms with E-state index in [4.69, 9.17) is 16.9 Å². The molecule has 2 rings (SSSR count). The zero-order valence-corrected chi connectivity index (χ0v) is 10.5. The summed E-state index contributed by atoms with van der Waals surface area (Å²) in [5.74, 6) is -1.03. The SMILES string of the molecule is N#CC1CCN(C(=O)c2cccc(Cl)c2F)CC1. The number of carbonyl (C=O) groups excluding carboxylic acids is 1. The van der Waals surface area contributed by atoms with E-state index in [2.05, 4.69) is 6.07 Å². The highest BCUT2D eigenvalue weighted by atomic mass is 35.5. The maximum atomic E-state index is 13.7. The van der Waals surface area contributed by atoms with Crippen LogP contribution in [0, 0.1) is 23.1 Å². The summed E-state index contributed by atoms with van der Waals surface area (Å²) in [4.78, 5) is 13.7. The first-order valence-electron chi connectivity index (χ1n) is 5.76. The third-order valence-electron chi connectivity index (χ3n) is 3.15. The van der Waals surface area contributed by atoms with Crippen molar-refractivity contribution in [3.05, 3.63) is 34.6 Å². The summed E-state index contributed by atoms with van der Waals surface area (Å²) >= 11 is 5.65. The number of hydrogen-bond donors (Lipinski definition) is 0. The molecule has 1 aliphatic heterocycles. The molecule has 1 aromatic carbocycles. The smallest absolute Gasteiger partial charge is 0.256 e. The zero-order valence-electron chi connectivity index (χ0n) is 9.70. The Balaban J connectivity index is 2.13. The molecule has 94 valence electrons. The number of carbonyl (C=O) groups is 1. The Morgan fingerprint density at radius 3 is 2.72 bits per heavy atom. The molecule has 1 aromatic rings. The Bertz CT molecular complexity index is 504. The second-order valence-corrected chi connectivity index (χ2v) is 4.70. The van der Waals surface area contributed by atoms with E-state index in [1.807, 2.05) is 0 Å². The Kier molecular flexibility index (Phi) is 3.83. The highest BCUT2D eigenvalue weighted by Gasteiger charge is 2.25. The Morgan fingerprint density at radius 2 is 2.11 bits per heavy atom. The molecule has 0 aromatic heterocycles. The molecular weight excluding hydrogens is 255 g/mol. The molecule has 0 aliphatic carbocycles. The van der Waals surface area contributed by atoms with Crippen LogP contribution in [0.4, 0.5) is 4.39 Å². The van der Waals surface area contributed by atoms with Crippen LogP contribution in [-0.4, -0.2) is 23.9 Å². The first-order valence-corrected chi connectivity index (χ1v) is 6.14. The van der Waals surface area contributed by atoms with Gasteiger partial charge in [-0.15, -0.1) is 0 Å². The third kappa shape index (κ3) is 2.46. The number of nitriles is 1. The van der Waals surface area contributed by atoms with E-state index < -0.39 is 5.82 Å². The van der Waals surface area contributed by atoms with Crippen LogP contribution in [0.2, 0.25) is 5.02 Å². The van der Waals surface area contributed by atoms with E-state index in [1.54, 1.807) is 11.0 Å². The fourth-order valence-corrected chi connectivity index (χ4v) is 2.23. The summed E-state index contributed by atoms with van der Waals surface area (Å²) in [5.41, 5.74) is -0.00194. The molecule has 0 radical (unpaired) electrons. The topological polar surface area (TPSA) is 44.1 Å². The monoisotopic (exact) mass is 266 g/mol. The van der Waals surface area contributed by atoms with E-state index in [-0.39, 0.29) is 22.4 Å². The largest absolute Gasteiger partial charge is 0.338 e. The molecule has 0 N–H and O–H groups in total. The summed E-state index contributed by atoms with van der Waals surface area (Å²) in [6.45, 7) is 0.978. The van der Waals surface area contributed by atoms with Gasteiger partial charge in [0.1, 0.15) is 0 Å². The first kappa shape index (κ1) is 12.8. The van der Waals surface area contributed by atoms with Crippen LogP contribution < -0.4 is 0 Å². The van der Waals surface area contributed by atoms with Gasteiger partial charge >= 0.3 is 0 Å². The summed E-state index contributed by atoms with van der Waals surface area (Å²) in [7, 11) is 0. The van der Waals surface area contributed by atoms with Crippen LogP contribution >= 0.6 is 11.6 Å². The first-order chi connectivity index (χ1) is 8.63. The van der Waals surface area contributed by atoms with Gasteiger partial charge in [-0.25, -0.2) is 4.39 Å². The van der Waals surface area contributed by atoms with Crippen molar-refractivity contribution in [3.8, 4) is 6.07 Å². The van der Waals surface area contributed by atoms with E-state index in [0.717, 1.165) is 0 Å². The van der Waals surface area contributed by atoms with Crippen molar-refractivity contribution in [2.24, 2.45) is 5.92 Å². The van der Waals surface area contributed by atoms with Gasteiger partial charge < -0.3 is 4.90 Å². The lowest BCUT2D eigenvalue weighted by molar-refractivity contribution is 0.0702. The molecule has 0 spiro atoms. The molecule has 1 amide bonds. The van der Waals surface area contributed by atoms with Crippen LogP contribution in [-0.2, 0) is 0 Å². The molecule has 0 atom stereocenters. The van der Waals surface area contributed by atoms with Gasteiger partial charge in [0.25, 0.3) is 5.91 Å². The number of likely N-dealkylation sites (tertiary alicyclic amines) is 1. The molecule has 18 heavy (non-hydrogen) atoms. The molecule has 0 saturated carbocycles. The van der Waals surface area contributed by atoms with Crippen LogP contribution in [0.1, 0.15) is 23.2 Å². The fraction of sp³-hybridized carbons (Fsp3) is 0.385. The minimum Gasteiger partial charge on any atom is -0.338 e. The summed E-state index contributed by atoms with van der Waals surface area (Å²) in [5, 5.41) is 8.73. The van der Waals surface area contributed by atoms with Crippen molar-refractivity contribution in [2.75, 3.05) is 13.1 Å². The molecule has 5 heteroatoms. The predicted molar refractivity (Wildman–Crippen MR) is 65.7 cm³/mol. The van der Waals surface area contributed by atoms with Gasteiger partial charge in [0, 0.05) is 19.0 Å². The normalized spacial score (nSPS) is 16.4. The number of amides is 1. The average molecular weight is 267 g/mol. The molecule has 0 bridgehead atoms. The van der Waals surface area contributed by atoms with E-state index in [9.17, 15) is 9.18 Å². The van der Waals surface area contributed by atoms with Crippen LogP contribution in [0.15, 0.2) is 18.2 Å². The van der Waals surface area contributed by atoms with Gasteiger partial charge in [-0.3, -0.25) is 4.79 Å². The van der Waals surface area contributed by atoms with Crippen molar-refractivity contribution in [2.45, 2.75) is 12.8 Å². The maximum Gasteiger partial charge on any atom is 0.256 e. The molecule has 1 heterocycles. The van der Waals surface area contributed by atoms with Gasteiger partial charge in [0.2, 0.25) is 0 Å². The van der Waals surface area contributed by atoms with Gasteiger partial charge in [-0.1, -0.05) is 17.7 Å². The number of halogens is 2. The van der Waals surface area contributed by atoms with Gasteiger partial charge in [-0.05, 0) is 25.0 Å². The van der Waals surface area contributed by atoms with Crippen molar-refractivity contribution >= 4 is 17.5 Å². The molecule has 1 saturated heterocycles. The third-order valence-corrected chi connectivity index (χ3v) is 3.44. The van der Waals surface area contributed by atoms with Gasteiger partial charge in [0.15, 0.2) is 5.82 Å². The molecule has 1 fully saturated rings. The zero-order chi connectivity index (χ0) is 13.1. The van der Waals surface area contributed by atoms with Crippen LogP contribution in [0.5, 0.6) is 0 Å². The van der Waals surface area contributed by atoms with E-state index >= 15 is 0 Å². The highest BCUT2D eigenvalue weighted by Crippen LogP contribution is 2.22. The van der Waals surface area contributed by atoms with Crippen molar-refractivity contribution in [1.82, 2.24) is 4.90 Å². The number of nitrogens with zero attached hydrogens (tertiary/aromatic N) is 2. The predicted octanol–water partition coefficient (Wildman–Crippen LogP) is 2.85. The Labute approximate surface area is 110 Å². The van der Waals surface area contributed by atoms with E-state index in [1.165, 1.54) is 12.1 Å². The molecular formula is C13H12ClFN2O. The molecule has 3 nitrogen and oxygen atoms in total. The Morgan fingerprint density at radius 1 is 1.44 bits per heavy atom. The number of benzene rings is 1. The van der Waals surface area contributed by atoms with E-state index in [0.29, 0.717) is 25.9 Å². The van der Waals surface area contributed by atoms with Gasteiger partial charge in [0.05, 0.1) is 16.7 Å². The summed E-state index contributed by atoms with van der Waals surface area (Å²) in [6.07, 6.45) is 1.29. The Hall–Kier alpha value is -1.60. The minimum absolute atomic E-state index is 0.00161. The standard InChI is InChI=1S/C13H12ClFN2O/c14-11-3-1-2-10(12(11)15)13(18)17-6-4-9(8-16)5-7-17/h1-3,9H,4-7H2. The number of piperidine rings is 1. The lowest BCUT2D eigenvalue weighted by atomic mass is 9.98. The van der Waals surface area contributed by atoms with Gasteiger partial charge in [-0.2, -0.15) is 5.26 Å². The molecule has 0 unspecified atom stereocenters. The molecule has 1 aliphatic rings. The number of hydrogen-bond acceptors (Lipinski definition) is 2. The quantitative estimate of drug-likeness (QED) is 0.784. The highest BCUT2D eigenvalue weighted by molar-refractivity contribution is 6.31. The van der Waals surface area contributed by atoms with Crippen molar-refractivity contribution in [1.29, 1.82) is 5.26 Å². The summed E-state index contributed by atoms with van der Waals surface area (Å²) < 4.78 is 13.7. The van der Waals surface area contributed by atoms with Crippen LogP contribution in [0.3, 0.4) is 0 Å². The maximum absolute atomic E-state index is 13.7. The van der Waals surface area contributed by atoms with Crippen LogP contribution in [0.25, 0.3) is 0 Å². The fourth-order valence-electron chi connectivity index (χ4n) is 2.05. The van der Waals surface area contributed by atoms with Crippen molar-refractivity contribution < 1.29 is 9.18 Å². The average Bonchev–Trinajstić information content (AvgIpc) is 2.41. The lowest BCUT2D eigenvalue weighted by Crippen LogP contribution is -2.38. The second-order valence-electron chi connectivity index (χ2n) is 4.30. The lowest BCUT2D eigenvalue weighted by Gasteiger charge is -2.29. The van der Waals surface area contributed by atoms with Crippen molar-refractivity contribution in [3.63, 3.8) is 0 Å².